The second-order valence-corrected chi connectivity index (χ2v) is 6.55. The Morgan fingerprint density at radius 3 is 2.63 bits per heavy atom. The van der Waals surface area contributed by atoms with Gasteiger partial charge in [-0.15, -0.1) is 11.3 Å². The molecule has 0 radical (unpaired) electrons. The predicted molar refractivity (Wildman–Crippen MR) is 83.0 cm³/mol. The molecule has 0 fully saturated rings. The molecule has 0 amide bonds. The van der Waals surface area contributed by atoms with Crippen molar-refractivity contribution in [3.05, 3.63) is 43.0 Å². The fourth-order valence-corrected chi connectivity index (χ4v) is 3.54. The Hall–Kier alpha value is -0.560. The lowest BCUT2D eigenvalue weighted by Crippen LogP contribution is -1.98. The van der Waals surface area contributed by atoms with Crippen LogP contribution in [0.5, 0.6) is 11.5 Å². The van der Waals surface area contributed by atoms with Gasteiger partial charge in [-0.1, -0.05) is 0 Å². The van der Waals surface area contributed by atoms with Crippen LogP contribution in [0.3, 0.4) is 0 Å². The standard InChI is InChI=1S/C13H12Br2O3S/c1-17-12-3-8(5-16)2-11(15)13(12)18-6-10-4-9(14)7-19-10/h2-4,7,16H,5-6H2,1H3. The van der Waals surface area contributed by atoms with Crippen LogP contribution in [0.4, 0.5) is 0 Å². The maximum atomic E-state index is 9.16. The molecule has 0 unspecified atom stereocenters. The highest BCUT2D eigenvalue weighted by Crippen LogP contribution is 2.37. The van der Waals surface area contributed by atoms with Gasteiger partial charge in [0.1, 0.15) is 6.61 Å². The zero-order valence-electron chi connectivity index (χ0n) is 10.2. The normalized spacial score (nSPS) is 10.5. The molecule has 0 atom stereocenters. The fraction of sp³-hybridized carbons (Fsp3) is 0.231. The zero-order chi connectivity index (χ0) is 13.8. The Labute approximate surface area is 132 Å². The van der Waals surface area contributed by atoms with Crippen molar-refractivity contribution in [2.45, 2.75) is 13.2 Å². The number of hydrogen-bond acceptors (Lipinski definition) is 4. The molecule has 6 heteroatoms. The molecule has 0 bridgehead atoms. The molecule has 0 spiro atoms. The Balaban J connectivity index is 2.19. The van der Waals surface area contributed by atoms with E-state index in [-0.39, 0.29) is 6.61 Å². The van der Waals surface area contributed by atoms with Crippen LogP contribution in [0.2, 0.25) is 0 Å². The first kappa shape index (κ1) is 14.8. The summed E-state index contributed by atoms with van der Waals surface area (Å²) in [4.78, 5) is 1.12. The molecule has 0 saturated heterocycles. The summed E-state index contributed by atoms with van der Waals surface area (Å²) in [7, 11) is 1.58. The van der Waals surface area contributed by atoms with E-state index < -0.39 is 0 Å². The molecule has 1 N–H and O–H groups in total. The summed E-state index contributed by atoms with van der Waals surface area (Å²) in [5.74, 6) is 1.25. The van der Waals surface area contributed by atoms with Gasteiger partial charge in [0.15, 0.2) is 11.5 Å². The van der Waals surface area contributed by atoms with Gasteiger partial charge >= 0.3 is 0 Å². The molecular formula is C13H12Br2O3S. The van der Waals surface area contributed by atoms with Crippen LogP contribution in [0.15, 0.2) is 32.5 Å². The lowest BCUT2D eigenvalue weighted by Gasteiger charge is -2.13. The van der Waals surface area contributed by atoms with Crippen molar-refractivity contribution in [3.63, 3.8) is 0 Å². The van der Waals surface area contributed by atoms with Crippen molar-refractivity contribution < 1.29 is 14.6 Å². The van der Waals surface area contributed by atoms with E-state index in [9.17, 15) is 0 Å². The largest absolute Gasteiger partial charge is 0.493 e. The number of halogens is 2. The third-order valence-corrected chi connectivity index (χ3v) is 4.71. The summed E-state index contributed by atoms with van der Waals surface area (Å²) in [6.07, 6.45) is 0. The first-order valence-corrected chi connectivity index (χ1v) is 7.93. The number of aliphatic hydroxyl groups excluding tert-OH is 1. The minimum absolute atomic E-state index is 0.0346. The first-order chi connectivity index (χ1) is 9.13. The predicted octanol–water partition coefficient (Wildman–Crippen LogP) is 4.35. The molecule has 0 aliphatic carbocycles. The van der Waals surface area contributed by atoms with Crippen molar-refractivity contribution in [2.24, 2.45) is 0 Å². The second kappa shape index (κ2) is 6.74. The molecule has 1 heterocycles. The number of benzene rings is 1. The van der Waals surface area contributed by atoms with Gasteiger partial charge in [-0.25, -0.2) is 0 Å². The van der Waals surface area contributed by atoms with Crippen LogP contribution in [-0.2, 0) is 13.2 Å². The molecule has 3 nitrogen and oxygen atoms in total. The molecule has 0 aliphatic heterocycles. The minimum atomic E-state index is -0.0346. The Morgan fingerprint density at radius 2 is 2.05 bits per heavy atom. The van der Waals surface area contributed by atoms with E-state index in [1.807, 2.05) is 17.5 Å². The molecule has 2 rings (SSSR count). The van der Waals surface area contributed by atoms with E-state index >= 15 is 0 Å². The van der Waals surface area contributed by atoms with Crippen LogP contribution in [-0.4, -0.2) is 12.2 Å². The molecule has 1 aromatic carbocycles. The SMILES string of the molecule is COc1cc(CO)cc(Br)c1OCc1cc(Br)cs1. The molecule has 102 valence electrons. The van der Waals surface area contributed by atoms with Gasteiger partial charge in [-0.2, -0.15) is 0 Å². The molecule has 19 heavy (non-hydrogen) atoms. The van der Waals surface area contributed by atoms with Gasteiger partial charge in [-0.3, -0.25) is 0 Å². The summed E-state index contributed by atoms with van der Waals surface area (Å²) in [6.45, 7) is 0.441. The van der Waals surface area contributed by atoms with Gasteiger partial charge in [-0.05, 0) is 55.6 Å². The van der Waals surface area contributed by atoms with Crippen molar-refractivity contribution >= 4 is 43.2 Å². The summed E-state index contributed by atoms with van der Waals surface area (Å²) in [6, 6.07) is 5.61. The quantitative estimate of drug-likeness (QED) is 0.800. The van der Waals surface area contributed by atoms with Crippen molar-refractivity contribution in [1.29, 1.82) is 0 Å². The highest BCUT2D eigenvalue weighted by molar-refractivity contribution is 9.10. The average molecular weight is 408 g/mol. The lowest BCUT2D eigenvalue weighted by molar-refractivity contribution is 0.274. The van der Waals surface area contributed by atoms with Gasteiger partial charge < -0.3 is 14.6 Å². The van der Waals surface area contributed by atoms with Crippen molar-refractivity contribution in [2.75, 3.05) is 7.11 Å². The van der Waals surface area contributed by atoms with Crippen LogP contribution in [0.25, 0.3) is 0 Å². The monoisotopic (exact) mass is 406 g/mol. The minimum Gasteiger partial charge on any atom is -0.493 e. The topological polar surface area (TPSA) is 38.7 Å². The van der Waals surface area contributed by atoms with Crippen molar-refractivity contribution in [3.8, 4) is 11.5 Å². The zero-order valence-corrected chi connectivity index (χ0v) is 14.1. The van der Waals surface area contributed by atoms with E-state index in [1.165, 1.54) is 0 Å². The average Bonchev–Trinajstić information content (AvgIpc) is 2.82. The van der Waals surface area contributed by atoms with Crippen LogP contribution in [0.1, 0.15) is 10.4 Å². The van der Waals surface area contributed by atoms with Crippen LogP contribution >= 0.6 is 43.2 Å². The number of methoxy groups -OCH3 is 1. The van der Waals surface area contributed by atoms with Crippen molar-refractivity contribution in [1.82, 2.24) is 0 Å². The number of aliphatic hydroxyl groups is 1. The summed E-state index contributed by atoms with van der Waals surface area (Å²) in [5, 5.41) is 11.2. The van der Waals surface area contributed by atoms with Gasteiger partial charge in [0.25, 0.3) is 0 Å². The third-order valence-electron chi connectivity index (χ3n) is 2.45. The van der Waals surface area contributed by atoms with Crippen LogP contribution in [0, 0.1) is 0 Å². The number of ether oxygens (including phenoxy) is 2. The molecule has 2 aromatic rings. The Morgan fingerprint density at radius 1 is 1.26 bits per heavy atom. The van der Waals surface area contributed by atoms with Crippen LogP contribution < -0.4 is 9.47 Å². The number of rotatable bonds is 5. The van der Waals surface area contributed by atoms with E-state index in [2.05, 4.69) is 31.9 Å². The van der Waals surface area contributed by atoms with E-state index in [4.69, 9.17) is 14.6 Å². The van der Waals surface area contributed by atoms with Gasteiger partial charge in [0, 0.05) is 14.7 Å². The smallest absolute Gasteiger partial charge is 0.175 e. The summed E-state index contributed by atoms with van der Waals surface area (Å²) >= 11 is 8.48. The maximum Gasteiger partial charge on any atom is 0.175 e. The molecule has 0 saturated carbocycles. The van der Waals surface area contributed by atoms with E-state index in [0.717, 1.165) is 19.4 Å². The third kappa shape index (κ3) is 3.72. The lowest BCUT2D eigenvalue weighted by atomic mass is 10.2. The summed E-state index contributed by atoms with van der Waals surface area (Å²) < 4.78 is 12.9. The number of thiophene rings is 1. The van der Waals surface area contributed by atoms with Gasteiger partial charge in [0.05, 0.1) is 18.2 Å². The highest BCUT2D eigenvalue weighted by Gasteiger charge is 2.12. The number of hydrogen-bond donors (Lipinski definition) is 1. The highest BCUT2D eigenvalue weighted by atomic mass is 79.9. The van der Waals surface area contributed by atoms with E-state index in [0.29, 0.717) is 18.1 Å². The van der Waals surface area contributed by atoms with E-state index in [1.54, 1.807) is 24.5 Å². The second-order valence-electron chi connectivity index (χ2n) is 3.79. The summed E-state index contributed by atoms with van der Waals surface area (Å²) in [5.41, 5.74) is 0.773. The maximum absolute atomic E-state index is 9.16. The Bertz CT molecular complexity index is 569. The first-order valence-electron chi connectivity index (χ1n) is 5.47. The molecular weight excluding hydrogens is 396 g/mol. The Kier molecular flexibility index (Phi) is 5.27. The molecule has 1 aromatic heterocycles. The fourth-order valence-electron chi connectivity index (χ4n) is 1.58. The van der Waals surface area contributed by atoms with Gasteiger partial charge in [0.2, 0.25) is 0 Å². The molecule has 0 aliphatic rings.